The molecule has 2 unspecified atom stereocenters. The third-order valence-electron chi connectivity index (χ3n) is 13.1. The summed E-state index contributed by atoms with van der Waals surface area (Å²) in [5.41, 5.74) is 17.8. The van der Waals surface area contributed by atoms with Crippen molar-refractivity contribution < 1.29 is 0 Å². The lowest BCUT2D eigenvalue weighted by atomic mass is 9.67. The van der Waals surface area contributed by atoms with Crippen LogP contribution in [0.1, 0.15) is 54.9 Å². The van der Waals surface area contributed by atoms with Gasteiger partial charge in [-0.25, -0.2) is 9.97 Å². The Morgan fingerprint density at radius 1 is 0.672 bits per heavy atom. The highest BCUT2D eigenvalue weighted by Gasteiger charge is 2.35. The van der Waals surface area contributed by atoms with Crippen LogP contribution in [0.15, 0.2) is 204 Å². The number of hydrogen-bond acceptors (Lipinski definition) is 2. The van der Waals surface area contributed by atoms with Crippen molar-refractivity contribution in [1.82, 2.24) is 14.5 Å². The second-order valence-corrected chi connectivity index (χ2v) is 16.4. The fourth-order valence-electron chi connectivity index (χ4n) is 10.3. The Labute approximate surface area is 338 Å². The molecule has 0 saturated heterocycles. The van der Waals surface area contributed by atoms with E-state index in [0.717, 1.165) is 36.5 Å². The monoisotopic (exact) mass is 743 g/mol. The van der Waals surface area contributed by atoms with Crippen molar-refractivity contribution in [2.45, 2.75) is 32.1 Å². The molecular formula is C55H41N3. The highest BCUT2D eigenvalue weighted by atomic mass is 15.0. The number of para-hydroxylation sites is 2. The fraction of sp³-hybridized carbons (Fsp3) is 0.127. The molecule has 0 amide bonds. The average Bonchev–Trinajstić information content (AvgIpc) is 3.62. The number of hydrogen-bond donors (Lipinski definition) is 0. The quantitative estimate of drug-likeness (QED) is 0.176. The van der Waals surface area contributed by atoms with Crippen LogP contribution in [0, 0.1) is 11.8 Å². The van der Waals surface area contributed by atoms with Crippen LogP contribution >= 0.6 is 0 Å². The third kappa shape index (κ3) is 5.19. The van der Waals surface area contributed by atoms with E-state index in [1.54, 1.807) is 0 Å². The topological polar surface area (TPSA) is 30.7 Å². The van der Waals surface area contributed by atoms with Gasteiger partial charge in [-0.05, 0) is 105 Å². The lowest BCUT2D eigenvalue weighted by Crippen LogP contribution is -2.22. The molecule has 0 radical (unpaired) electrons. The second-order valence-electron chi connectivity index (χ2n) is 16.4. The number of fused-ring (bicyclic) bond motifs is 4. The average molecular weight is 744 g/mol. The van der Waals surface area contributed by atoms with Gasteiger partial charge in [0.1, 0.15) is 5.82 Å². The lowest BCUT2D eigenvalue weighted by Gasteiger charge is -2.36. The van der Waals surface area contributed by atoms with Gasteiger partial charge in [-0.3, -0.25) is 0 Å². The van der Waals surface area contributed by atoms with Crippen LogP contribution < -0.4 is 0 Å². The molecule has 0 spiro atoms. The first-order valence-electron chi connectivity index (χ1n) is 20.7. The summed E-state index contributed by atoms with van der Waals surface area (Å²) in [6.45, 7) is 2.36. The Balaban J connectivity index is 0.979. The fourth-order valence-corrected chi connectivity index (χ4v) is 10.3. The van der Waals surface area contributed by atoms with Gasteiger partial charge in [0.15, 0.2) is 0 Å². The van der Waals surface area contributed by atoms with E-state index in [4.69, 9.17) is 9.97 Å². The first-order valence-corrected chi connectivity index (χ1v) is 20.7. The summed E-state index contributed by atoms with van der Waals surface area (Å²) in [6.07, 6.45) is 32.9. The molecule has 12 rings (SSSR count). The van der Waals surface area contributed by atoms with E-state index in [-0.39, 0.29) is 17.8 Å². The molecule has 3 nitrogen and oxygen atoms in total. The molecule has 58 heavy (non-hydrogen) atoms. The molecule has 4 aromatic carbocycles. The number of rotatable bonds is 5. The normalized spacial score (nSPS) is 21.9. The van der Waals surface area contributed by atoms with Gasteiger partial charge in [-0.2, -0.15) is 0 Å². The Hall–Kier alpha value is -6.84. The molecule has 6 aromatic rings. The van der Waals surface area contributed by atoms with Gasteiger partial charge in [0.25, 0.3) is 0 Å². The zero-order valence-corrected chi connectivity index (χ0v) is 32.4. The van der Waals surface area contributed by atoms with Crippen LogP contribution in [-0.2, 0) is 0 Å². The minimum atomic E-state index is 0.0677. The van der Waals surface area contributed by atoms with Crippen molar-refractivity contribution >= 4 is 55.0 Å². The van der Waals surface area contributed by atoms with Gasteiger partial charge in [0, 0.05) is 33.9 Å². The molecule has 0 saturated carbocycles. The van der Waals surface area contributed by atoms with E-state index in [0.29, 0.717) is 0 Å². The molecule has 6 aliphatic rings. The number of nitrogens with zero attached hydrogens (tertiary/aromatic N) is 3. The molecule has 2 aromatic heterocycles. The highest BCUT2D eigenvalue weighted by Crippen LogP contribution is 2.50. The summed E-state index contributed by atoms with van der Waals surface area (Å²) in [4.78, 5) is 11.0. The van der Waals surface area contributed by atoms with E-state index >= 15 is 0 Å². The van der Waals surface area contributed by atoms with Crippen LogP contribution in [0.4, 0.5) is 0 Å². The van der Waals surface area contributed by atoms with Crippen LogP contribution in [0.2, 0.25) is 0 Å². The first kappa shape index (κ1) is 33.3. The SMILES string of the molecule is C[C@H]1CC(n2c3ccccc3c3ccccc32)=CC=C1c1cc(C2=C3C=CC4=C5C(=CC=C(C=C2)C35)CC=C4)nc(C2C=CC(c3cccc4ccccc34)=CC2)n1. The van der Waals surface area contributed by atoms with Crippen molar-refractivity contribution in [3.63, 3.8) is 0 Å². The van der Waals surface area contributed by atoms with Crippen molar-refractivity contribution in [3.05, 3.63) is 227 Å². The zero-order chi connectivity index (χ0) is 38.3. The van der Waals surface area contributed by atoms with Crippen LogP contribution in [0.5, 0.6) is 0 Å². The first-order chi connectivity index (χ1) is 28.7. The molecule has 0 N–H and O–H groups in total. The predicted octanol–water partition coefficient (Wildman–Crippen LogP) is 13.5. The van der Waals surface area contributed by atoms with Gasteiger partial charge in [-0.1, -0.05) is 159 Å². The molecule has 2 heterocycles. The molecular weight excluding hydrogens is 703 g/mol. The summed E-state index contributed by atoms with van der Waals surface area (Å²) in [7, 11) is 0. The Bertz CT molecular complexity index is 3100. The van der Waals surface area contributed by atoms with Crippen LogP contribution in [0.3, 0.4) is 0 Å². The maximum Gasteiger partial charge on any atom is 0.136 e. The summed E-state index contributed by atoms with van der Waals surface area (Å²) in [5.74, 6) is 1.44. The maximum absolute atomic E-state index is 5.48. The Kier molecular flexibility index (Phi) is 7.53. The minimum Gasteiger partial charge on any atom is -0.313 e. The molecule has 3 atom stereocenters. The summed E-state index contributed by atoms with van der Waals surface area (Å²) in [6, 6.07) is 35.1. The molecule has 0 bridgehead atoms. The summed E-state index contributed by atoms with van der Waals surface area (Å²) < 4.78 is 2.47. The smallest absolute Gasteiger partial charge is 0.136 e. The predicted molar refractivity (Wildman–Crippen MR) is 242 cm³/mol. The van der Waals surface area contributed by atoms with Gasteiger partial charge in [0.2, 0.25) is 0 Å². The summed E-state index contributed by atoms with van der Waals surface area (Å²) in [5, 5.41) is 5.13. The lowest BCUT2D eigenvalue weighted by molar-refractivity contribution is 0.732. The largest absolute Gasteiger partial charge is 0.313 e. The standard InChI is InChI=1S/C55H41N3/c1-34-32-41(58-51-18-6-4-15-46(51)47-16-5-7-19-52(47)58)28-31-42(34)49-33-50(45-29-26-39-23-22-37-12-8-13-38-27-30-48(45)54(39)53(37)38)57-55(56-49)40-24-20-36(21-25-40)44-17-9-11-35-10-2-3-14-43(35)44/h2-11,13-24,26-31,33-34,40,54H,12,25,32H2,1H3/t34-,40?,54?/m0/s1. The van der Waals surface area contributed by atoms with Crippen LogP contribution in [-0.4, -0.2) is 14.5 Å². The van der Waals surface area contributed by atoms with Gasteiger partial charge in [-0.15, -0.1) is 0 Å². The van der Waals surface area contributed by atoms with Crippen molar-refractivity contribution in [2.24, 2.45) is 11.8 Å². The molecule has 0 fully saturated rings. The summed E-state index contributed by atoms with van der Waals surface area (Å²) >= 11 is 0. The molecule has 276 valence electrons. The number of benzene rings is 4. The highest BCUT2D eigenvalue weighted by molar-refractivity contribution is 6.10. The van der Waals surface area contributed by atoms with Gasteiger partial charge >= 0.3 is 0 Å². The number of allylic oxidation sites excluding steroid dienone is 22. The minimum absolute atomic E-state index is 0.0677. The Morgan fingerprint density at radius 3 is 2.26 bits per heavy atom. The van der Waals surface area contributed by atoms with E-state index in [9.17, 15) is 0 Å². The van der Waals surface area contributed by atoms with Gasteiger partial charge in [0.05, 0.1) is 22.4 Å². The molecule has 3 heteroatoms. The zero-order valence-electron chi connectivity index (χ0n) is 32.4. The van der Waals surface area contributed by atoms with E-state index in [1.807, 2.05) is 0 Å². The molecule has 6 aliphatic carbocycles. The second kappa shape index (κ2) is 13.1. The Morgan fingerprint density at radius 2 is 1.45 bits per heavy atom. The van der Waals surface area contributed by atoms with E-state index in [2.05, 4.69) is 188 Å². The maximum atomic E-state index is 5.48. The van der Waals surface area contributed by atoms with Crippen LogP contribution in [0.25, 0.3) is 55.0 Å². The van der Waals surface area contributed by atoms with Crippen molar-refractivity contribution in [2.75, 3.05) is 0 Å². The van der Waals surface area contributed by atoms with Crippen molar-refractivity contribution in [3.8, 4) is 0 Å². The van der Waals surface area contributed by atoms with E-state index in [1.165, 1.54) is 88.4 Å². The van der Waals surface area contributed by atoms with Crippen molar-refractivity contribution in [1.29, 1.82) is 0 Å². The van der Waals surface area contributed by atoms with Gasteiger partial charge < -0.3 is 4.57 Å². The van der Waals surface area contributed by atoms with E-state index < -0.39 is 0 Å². The third-order valence-corrected chi connectivity index (χ3v) is 13.1. The molecule has 0 aliphatic heterocycles. The number of aromatic nitrogens is 3.